The summed E-state index contributed by atoms with van der Waals surface area (Å²) in [5.41, 5.74) is 0.529. The van der Waals surface area contributed by atoms with E-state index in [1.165, 1.54) is 6.92 Å². The van der Waals surface area contributed by atoms with E-state index >= 15 is 0 Å². The van der Waals surface area contributed by atoms with E-state index in [0.717, 1.165) is 0 Å². The third-order valence-electron chi connectivity index (χ3n) is 3.06. The molecule has 1 unspecified atom stereocenters. The summed E-state index contributed by atoms with van der Waals surface area (Å²) in [6, 6.07) is 8.64. The minimum absolute atomic E-state index is 0.00884. The average molecular weight is 293 g/mol. The molecule has 0 aliphatic carbocycles. The number of rotatable bonds is 9. The fourth-order valence-corrected chi connectivity index (χ4v) is 1.87. The molecule has 0 radical (unpaired) electrons. The van der Waals surface area contributed by atoms with Gasteiger partial charge >= 0.3 is 11.9 Å². The predicted molar refractivity (Wildman–Crippen MR) is 76.3 cm³/mol. The van der Waals surface area contributed by atoms with Gasteiger partial charge in [0, 0.05) is 18.7 Å². The highest BCUT2D eigenvalue weighted by Gasteiger charge is 2.19. The largest absolute Gasteiger partial charge is 0.481 e. The summed E-state index contributed by atoms with van der Waals surface area (Å²) in [6.45, 7) is 1.82. The van der Waals surface area contributed by atoms with Crippen LogP contribution in [-0.4, -0.2) is 52.5 Å². The Morgan fingerprint density at radius 2 is 1.76 bits per heavy atom. The first kappa shape index (κ1) is 16.8. The second-order valence-electron chi connectivity index (χ2n) is 4.91. The predicted octanol–water partition coefficient (Wildman–Crippen LogP) is 1.37. The molecule has 2 N–H and O–H groups in total. The summed E-state index contributed by atoms with van der Waals surface area (Å²) >= 11 is 0. The Labute approximate surface area is 123 Å². The molecule has 0 heterocycles. The number of carbonyl (C=O) groups is 3. The normalized spacial score (nSPS) is 12.1. The van der Waals surface area contributed by atoms with Gasteiger partial charge in [0.05, 0.1) is 18.9 Å². The van der Waals surface area contributed by atoms with Crippen molar-refractivity contribution in [3.63, 3.8) is 0 Å². The summed E-state index contributed by atoms with van der Waals surface area (Å²) in [4.78, 5) is 35.2. The van der Waals surface area contributed by atoms with Crippen LogP contribution in [0.4, 0.5) is 0 Å². The molecule has 6 heteroatoms. The molecule has 21 heavy (non-hydrogen) atoms. The summed E-state index contributed by atoms with van der Waals surface area (Å²) in [6.07, 6.45) is -0.131. The molecule has 6 nitrogen and oxygen atoms in total. The van der Waals surface area contributed by atoms with Crippen LogP contribution in [0.25, 0.3) is 0 Å². The fraction of sp³-hybridized carbons (Fsp3) is 0.400. The second kappa shape index (κ2) is 8.16. The fourth-order valence-electron chi connectivity index (χ4n) is 1.87. The lowest BCUT2D eigenvalue weighted by atomic mass is 10.1. The van der Waals surface area contributed by atoms with Crippen molar-refractivity contribution in [3.8, 4) is 0 Å². The van der Waals surface area contributed by atoms with Crippen LogP contribution in [0.3, 0.4) is 0 Å². The molecular formula is C15H19NO5. The number of hydrogen-bond acceptors (Lipinski definition) is 4. The number of aliphatic carboxylic acids is 2. The summed E-state index contributed by atoms with van der Waals surface area (Å²) in [5, 5.41) is 17.7. The number of Topliss-reactive ketones (excluding diaryl/α,β-unsaturated/α-hetero) is 1. The number of hydrogen-bond donors (Lipinski definition) is 2. The molecule has 0 saturated carbocycles. The lowest BCUT2D eigenvalue weighted by molar-refractivity contribution is -0.141. The maximum Gasteiger partial charge on any atom is 0.307 e. The number of carbonyl (C=O) groups excluding carboxylic acids is 1. The number of benzene rings is 1. The molecule has 0 bridgehead atoms. The first-order chi connectivity index (χ1) is 9.90. The molecule has 1 rings (SSSR count). The maximum absolute atomic E-state index is 12.1. The van der Waals surface area contributed by atoms with Crippen molar-refractivity contribution in [1.29, 1.82) is 0 Å². The van der Waals surface area contributed by atoms with Crippen LogP contribution in [0, 0.1) is 5.92 Å². The number of nitrogens with zero attached hydrogens (tertiary/aromatic N) is 1. The minimum atomic E-state index is -0.977. The van der Waals surface area contributed by atoms with E-state index in [1.807, 2.05) is 0 Å². The quantitative estimate of drug-likeness (QED) is 0.668. The van der Waals surface area contributed by atoms with Gasteiger partial charge in [-0.15, -0.1) is 0 Å². The van der Waals surface area contributed by atoms with Crippen LogP contribution in [0.5, 0.6) is 0 Å². The molecular weight excluding hydrogens is 274 g/mol. The zero-order chi connectivity index (χ0) is 15.8. The van der Waals surface area contributed by atoms with E-state index < -0.39 is 17.9 Å². The molecule has 0 saturated heterocycles. The molecule has 0 spiro atoms. The highest BCUT2D eigenvalue weighted by Crippen LogP contribution is 2.06. The topological polar surface area (TPSA) is 94.9 Å². The first-order valence-electron chi connectivity index (χ1n) is 6.65. The van der Waals surface area contributed by atoms with Crippen LogP contribution >= 0.6 is 0 Å². The van der Waals surface area contributed by atoms with Crippen LogP contribution in [0.15, 0.2) is 30.3 Å². The highest BCUT2D eigenvalue weighted by atomic mass is 16.4. The Hall–Kier alpha value is -2.21. The number of ketones is 1. The number of carboxylic acid groups (broad SMARTS) is 2. The Bertz CT molecular complexity index is 500. The molecule has 1 aromatic carbocycles. The zero-order valence-electron chi connectivity index (χ0n) is 11.9. The summed E-state index contributed by atoms with van der Waals surface area (Å²) in [5.74, 6) is -2.77. The average Bonchev–Trinajstić information content (AvgIpc) is 2.45. The van der Waals surface area contributed by atoms with Crippen molar-refractivity contribution in [2.24, 2.45) is 5.92 Å². The highest BCUT2D eigenvalue weighted by molar-refractivity contribution is 5.97. The Morgan fingerprint density at radius 3 is 2.29 bits per heavy atom. The van der Waals surface area contributed by atoms with Gasteiger partial charge in [0.2, 0.25) is 0 Å². The molecule has 0 amide bonds. The van der Waals surface area contributed by atoms with Crippen LogP contribution in [0.2, 0.25) is 0 Å². The zero-order valence-corrected chi connectivity index (χ0v) is 11.9. The Kier molecular flexibility index (Phi) is 6.55. The van der Waals surface area contributed by atoms with Gasteiger partial charge < -0.3 is 10.2 Å². The molecule has 0 fully saturated rings. The standard InChI is InChI=1S/C15H19NO5/c1-11(15(20)21)9-16(8-7-14(18)19)10-13(17)12-5-3-2-4-6-12/h2-6,11H,7-10H2,1H3,(H,18,19)(H,20,21). The van der Waals surface area contributed by atoms with Crippen LogP contribution in [-0.2, 0) is 9.59 Å². The monoisotopic (exact) mass is 293 g/mol. The lowest BCUT2D eigenvalue weighted by Gasteiger charge is -2.22. The maximum atomic E-state index is 12.1. The van der Waals surface area contributed by atoms with Gasteiger partial charge in [0.1, 0.15) is 0 Å². The minimum Gasteiger partial charge on any atom is -0.481 e. The summed E-state index contributed by atoms with van der Waals surface area (Å²) < 4.78 is 0. The van der Waals surface area contributed by atoms with Gasteiger partial charge in [-0.25, -0.2) is 0 Å². The molecule has 0 aromatic heterocycles. The van der Waals surface area contributed by atoms with E-state index in [2.05, 4.69) is 0 Å². The van der Waals surface area contributed by atoms with E-state index in [-0.39, 0.29) is 31.8 Å². The molecule has 1 aromatic rings. The van der Waals surface area contributed by atoms with E-state index in [1.54, 1.807) is 35.2 Å². The van der Waals surface area contributed by atoms with Gasteiger partial charge in [-0.05, 0) is 0 Å². The molecule has 1 atom stereocenters. The second-order valence-corrected chi connectivity index (χ2v) is 4.91. The van der Waals surface area contributed by atoms with Crippen molar-refractivity contribution < 1.29 is 24.6 Å². The summed E-state index contributed by atoms with van der Waals surface area (Å²) in [7, 11) is 0. The third kappa shape index (κ3) is 6.18. The van der Waals surface area contributed by atoms with Crippen molar-refractivity contribution >= 4 is 17.7 Å². The van der Waals surface area contributed by atoms with Crippen molar-refractivity contribution in [3.05, 3.63) is 35.9 Å². The van der Waals surface area contributed by atoms with E-state index in [4.69, 9.17) is 10.2 Å². The Balaban J connectivity index is 2.69. The van der Waals surface area contributed by atoms with Gasteiger partial charge in [-0.3, -0.25) is 19.3 Å². The molecule has 0 aliphatic rings. The molecule has 114 valence electrons. The van der Waals surface area contributed by atoms with Crippen LogP contribution < -0.4 is 0 Å². The first-order valence-corrected chi connectivity index (χ1v) is 6.65. The van der Waals surface area contributed by atoms with Gasteiger partial charge in [-0.1, -0.05) is 37.3 Å². The van der Waals surface area contributed by atoms with Crippen molar-refractivity contribution in [2.45, 2.75) is 13.3 Å². The molecule has 0 aliphatic heterocycles. The SMILES string of the molecule is CC(CN(CCC(=O)O)CC(=O)c1ccccc1)C(=O)O. The van der Waals surface area contributed by atoms with Crippen molar-refractivity contribution in [2.75, 3.05) is 19.6 Å². The smallest absolute Gasteiger partial charge is 0.307 e. The lowest BCUT2D eigenvalue weighted by Crippen LogP contribution is -2.37. The number of carboxylic acids is 2. The van der Waals surface area contributed by atoms with E-state index in [0.29, 0.717) is 5.56 Å². The van der Waals surface area contributed by atoms with Crippen molar-refractivity contribution in [1.82, 2.24) is 4.90 Å². The van der Waals surface area contributed by atoms with Gasteiger partial charge in [-0.2, -0.15) is 0 Å². The van der Waals surface area contributed by atoms with Gasteiger partial charge in [0.15, 0.2) is 5.78 Å². The van der Waals surface area contributed by atoms with Gasteiger partial charge in [0.25, 0.3) is 0 Å². The Morgan fingerprint density at radius 1 is 1.14 bits per heavy atom. The van der Waals surface area contributed by atoms with Crippen LogP contribution in [0.1, 0.15) is 23.7 Å². The van der Waals surface area contributed by atoms with E-state index in [9.17, 15) is 14.4 Å². The third-order valence-corrected chi connectivity index (χ3v) is 3.06.